The zero-order valence-corrected chi connectivity index (χ0v) is 18.0. The van der Waals surface area contributed by atoms with Crippen molar-refractivity contribution in [1.29, 1.82) is 0 Å². The summed E-state index contributed by atoms with van der Waals surface area (Å²) in [6, 6.07) is 15.3. The van der Waals surface area contributed by atoms with Crippen molar-refractivity contribution < 1.29 is 32.3 Å². The molecule has 3 N–H and O–H groups in total. The van der Waals surface area contributed by atoms with Crippen LogP contribution in [0.1, 0.15) is 25.7 Å². The Bertz CT molecular complexity index is 947. The molecule has 0 aromatic heterocycles. The van der Waals surface area contributed by atoms with Crippen LogP contribution in [-0.4, -0.2) is 42.4 Å². The van der Waals surface area contributed by atoms with E-state index in [0.717, 1.165) is 0 Å². The van der Waals surface area contributed by atoms with Gasteiger partial charge in [0.2, 0.25) is 16.4 Å². The Labute approximate surface area is 175 Å². The maximum atomic E-state index is 12.3. The zero-order valence-electron chi connectivity index (χ0n) is 16.3. The average molecular weight is 456 g/mol. The minimum absolute atomic E-state index is 0.0447. The molecule has 2 aromatic rings. The van der Waals surface area contributed by atoms with Crippen LogP contribution in [0.3, 0.4) is 0 Å². The van der Waals surface area contributed by atoms with Gasteiger partial charge in [0.05, 0.1) is 4.90 Å². The molecular weight excluding hydrogens is 431 g/mol. The second-order valence-electron chi connectivity index (χ2n) is 6.48. The summed E-state index contributed by atoms with van der Waals surface area (Å²) in [5.74, 6) is 1.18. The maximum Gasteiger partial charge on any atom is 0.432 e. The van der Waals surface area contributed by atoms with E-state index in [-0.39, 0.29) is 24.4 Å². The highest BCUT2D eigenvalue weighted by Crippen LogP contribution is 2.38. The predicted molar refractivity (Wildman–Crippen MR) is 111 cm³/mol. The van der Waals surface area contributed by atoms with Crippen LogP contribution in [0.15, 0.2) is 59.5 Å². The summed E-state index contributed by atoms with van der Waals surface area (Å²) in [5.41, 5.74) is 0. The number of ether oxygens (including phenoxy) is 1. The average Bonchev–Trinajstić information content (AvgIpc) is 2.70. The first kappa shape index (κ1) is 24.0. The summed E-state index contributed by atoms with van der Waals surface area (Å²) < 4.78 is 44.3. The van der Waals surface area contributed by atoms with Crippen LogP contribution in [-0.2, 0) is 19.4 Å². The van der Waals surface area contributed by atoms with Crippen molar-refractivity contribution in [2.45, 2.75) is 30.6 Å². The number of sulfonamides is 1. The van der Waals surface area contributed by atoms with Gasteiger partial charge >= 0.3 is 7.75 Å². The summed E-state index contributed by atoms with van der Waals surface area (Å²) in [7, 11) is -8.19. The number of unbranched alkanes of at least 4 members (excludes halogenated alkanes) is 3. The molecule has 11 heteroatoms. The van der Waals surface area contributed by atoms with E-state index < -0.39 is 17.8 Å². The second kappa shape index (κ2) is 11.2. The van der Waals surface area contributed by atoms with Crippen LogP contribution in [0.2, 0.25) is 0 Å². The topological polar surface area (TPSA) is 133 Å². The first-order valence-electron chi connectivity index (χ1n) is 9.33. The summed E-state index contributed by atoms with van der Waals surface area (Å²) in [6.07, 6.45) is 2.37. The van der Waals surface area contributed by atoms with E-state index in [9.17, 15) is 17.8 Å². The lowest BCUT2D eigenvalue weighted by atomic mass is 10.2. The minimum Gasteiger partial charge on any atom is -0.457 e. The monoisotopic (exact) mass is 456 g/mol. The summed E-state index contributed by atoms with van der Waals surface area (Å²) in [6.45, 7) is 0.192. The SMILES string of the molecule is O=CN(CCCCCCNS(=O)(=O)c1ccc(Oc2ccccc2)cc1)P(=O)(O)O. The van der Waals surface area contributed by atoms with Crippen molar-refractivity contribution in [3.8, 4) is 11.5 Å². The molecule has 9 nitrogen and oxygen atoms in total. The molecule has 164 valence electrons. The lowest BCUT2D eigenvalue weighted by molar-refractivity contribution is -0.115. The molecule has 1 amide bonds. The summed E-state index contributed by atoms with van der Waals surface area (Å²) >= 11 is 0. The van der Waals surface area contributed by atoms with Gasteiger partial charge in [-0.3, -0.25) is 9.46 Å². The van der Waals surface area contributed by atoms with Gasteiger partial charge in [-0.05, 0) is 49.2 Å². The van der Waals surface area contributed by atoms with E-state index in [1.54, 1.807) is 24.3 Å². The smallest absolute Gasteiger partial charge is 0.432 e. The van der Waals surface area contributed by atoms with Crippen molar-refractivity contribution in [3.63, 3.8) is 0 Å². The molecule has 0 unspecified atom stereocenters. The highest BCUT2D eigenvalue weighted by atomic mass is 32.2. The van der Waals surface area contributed by atoms with Gasteiger partial charge in [-0.2, -0.15) is 0 Å². The number of hydrogen-bond donors (Lipinski definition) is 3. The van der Waals surface area contributed by atoms with Gasteiger partial charge in [0.15, 0.2) is 0 Å². The Morgan fingerprint density at radius 1 is 0.933 bits per heavy atom. The number of carbonyl (C=O) groups is 1. The van der Waals surface area contributed by atoms with Gasteiger partial charge in [0.1, 0.15) is 11.5 Å². The van der Waals surface area contributed by atoms with Gasteiger partial charge in [0.25, 0.3) is 0 Å². The molecule has 0 radical (unpaired) electrons. The molecule has 0 bridgehead atoms. The van der Waals surface area contributed by atoms with Crippen molar-refractivity contribution in [2.75, 3.05) is 13.1 Å². The van der Waals surface area contributed by atoms with Crippen LogP contribution in [0.5, 0.6) is 11.5 Å². The fraction of sp³-hybridized carbons (Fsp3) is 0.316. The van der Waals surface area contributed by atoms with Crippen molar-refractivity contribution in [3.05, 3.63) is 54.6 Å². The molecule has 0 aliphatic rings. The van der Waals surface area contributed by atoms with Crippen LogP contribution >= 0.6 is 7.75 Å². The Balaban J connectivity index is 1.72. The molecule has 0 fully saturated rings. The minimum atomic E-state index is -4.55. The molecule has 2 aromatic carbocycles. The number of nitrogens with zero attached hydrogens (tertiary/aromatic N) is 1. The highest BCUT2D eigenvalue weighted by molar-refractivity contribution is 7.89. The molecule has 0 atom stereocenters. The Kier molecular flexibility index (Phi) is 9.01. The lowest BCUT2D eigenvalue weighted by Gasteiger charge is -2.17. The number of hydrogen-bond acceptors (Lipinski definition) is 5. The molecule has 0 heterocycles. The molecular formula is C19H25N2O7PS. The third kappa shape index (κ3) is 7.89. The van der Waals surface area contributed by atoms with E-state index in [1.807, 2.05) is 18.2 Å². The normalized spacial score (nSPS) is 11.8. The number of carbonyl (C=O) groups excluding carboxylic acids is 1. The first-order chi connectivity index (χ1) is 14.2. The molecule has 0 spiro atoms. The Hall–Kier alpha value is -2.23. The first-order valence-corrected chi connectivity index (χ1v) is 12.4. The predicted octanol–water partition coefficient (Wildman–Crippen LogP) is 2.87. The van der Waals surface area contributed by atoms with Crippen LogP contribution < -0.4 is 9.46 Å². The van der Waals surface area contributed by atoms with E-state index in [0.29, 0.717) is 41.9 Å². The molecule has 2 rings (SSSR count). The number of nitrogens with one attached hydrogen (secondary N) is 1. The Morgan fingerprint density at radius 3 is 2.13 bits per heavy atom. The molecule has 0 saturated heterocycles. The summed E-state index contributed by atoms with van der Waals surface area (Å²) in [5, 5.41) is 0. The number of rotatable bonds is 13. The van der Waals surface area contributed by atoms with E-state index in [4.69, 9.17) is 14.5 Å². The fourth-order valence-electron chi connectivity index (χ4n) is 2.60. The summed E-state index contributed by atoms with van der Waals surface area (Å²) in [4.78, 5) is 28.6. The quantitative estimate of drug-likeness (QED) is 0.240. The third-order valence-corrected chi connectivity index (χ3v) is 6.62. The Morgan fingerprint density at radius 2 is 1.53 bits per heavy atom. The molecule has 0 aliphatic heterocycles. The van der Waals surface area contributed by atoms with Gasteiger partial charge < -0.3 is 14.5 Å². The van der Waals surface area contributed by atoms with E-state index in [1.165, 1.54) is 12.1 Å². The molecule has 30 heavy (non-hydrogen) atoms. The standard InChI is InChI=1S/C19H25N2O7PS/c22-16-21(29(23,24)25)15-7-2-1-6-14-20-30(26,27)19-12-10-18(11-13-19)28-17-8-4-3-5-9-17/h3-5,8-13,16,20H,1-2,6-7,14-15H2,(H2,23,24,25). The highest BCUT2D eigenvalue weighted by Gasteiger charge is 2.22. The van der Waals surface area contributed by atoms with E-state index >= 15 is 0 Å². The zero-order chi connectivity index (χ0) is 22.0. The second-order valence-corrected chi connectivity index (χ2v) is 9.79. The lowest BCUT2D eigenvalue weighted by Crippen LogP contribution is -2.24. The van der Waals surface area contributed by atoms with Crippen LogP contribution in [0.25, 0.3) is 0 Å². The molecule has 0 saturated carbocycles. The third-order valence-electron chi connectivity index (χ3n) is 4.18. The molecule has 0 aliphatic carbocycles. The van der Waals surface area contributed by atoms with Crippen molar-refractivity contribution in [1.82, 2.24) is 9.39 Å². The van der Waals surface area contributed by atoms with Crippen LogP contribution in [0, 0.1) is 0 Å². The van der Waals surface area contributed by atoms with Crippen LogP contribution in [0.4, 0.5) is 0 Å². The van der Waals surface area contributed by atoms with Gasteiger partial charge in [0, 0.05) is 13.1 Å². The van der Waals surface area contributed by atoms with Gasteiger partial charge in [-0.15, -0.1) is 0 Å². The largest absolute Gasteiger partial charge is 0.457 e. The number of para-hydroxylation sites is 1. The number of amides is 1. The van der Waals surface area contributed by atoms with E-state index in [2.05, 4.69) is 4.72 Å². The van der Waals surface area contributed by atoms with Gasteiger partial charge in [-0.25, -0.2) is 17.7 Å². The van der Waals surface area contributed by atoms with Crippen molar-refractivity contribution >= 4 is 24.2 Å². The fourth-order valence-corrected chi connectivity index (χ4v) is 4.20. The maximum absolute atomic E-state index is 12.3. The van der Waals surface area contributed by atoms with Gasteiger partial charge in [-0.1, -0.05) is 31.0 Å². The number of benzene rings is 2. The van der Waals surface area contributed by atoms with Crippen molar-refractivity contribution in [2.24, 2.45) is 0 Å².